The molecule has 2 aromatic rings. The predicted molar refractivity (Wildman–Crippen MR) is 60.8 cm³/mol. The van der Waals surface area contributed by atoms with Crippen molar-refractivity contribution < 1.29 is 4.39 Å². The first-order valence-electron chi connectivity index (χ1n) is 5.28. The van der Waals surface area contributed by atoms with Crippen molar-refractivity contribution in [1.29, 1.82) is 0 Å². The van der Waals surface area contributed by atoms with Crippen molar-refractivity contribution >= 4 is 0 Å². The first kappa shape index (κ1) is 10.8. The zero-order valence-electron chi connectivity index (χ0n) is 9.15. The highest BCUT2D eigenvalue weighted by Gasteiger charge is 2.07. The fourth-order valence-corrected chi connectivity index (χ4v) is 1.66. The highest BCUT2D eigenvalue weighted by atomic mass is 19.1. The lowest BCUT2D eigenvalue weighted by molar-refractivity contribution is 0.624. The summed E-state index contributed by atoms with van der Waals surface area (Å²) >= 11 is 0. The van der Waals surface area contributed by atoms with Gasteiger partial charge in [0.05, 0.1) is 11.4 Å². The van der Waals surface area contributed by atoms with E-state index in [-0.39, 0.29) is 5.82 Å². The van der Waals surface area contributed by atoms with Crippen molar-refractivity contribution in [3.8, 4) is 5.69 Å². The number of nitrogens with zero attached hydrogens (tertiary/aromatic N) is 2. The molecular formula is C12H14FN3. The van der Waals surface area contributed by atoms with Crippen LogP contribution in [0.1, 0.15) is 18.3 Å². The largest absolute Gasteiger partial charge is 0.325 e. The number of rotatable bonds is 3. The van der Waals surface area contributed by atoms with Crippen molar-refractivity contribution in [2.24, 2.45) is 5.73 Å². The summed E-state index contributed by atoms with van der Waals surface area (Å²) in [4.78, 5) is 0. The van der Waals surface area contributed by atoms with Crippen molar-refractivity contribution in [2.75, 3.05) is 0 Å². The number of hydrogen-bond donors (Lipinski definition) is 1. The van der Waals surface area contributed by atoms with E-state index in [1.54, 1.807) is 10.7 Å². The monoisotopic (exact) mass is 219 g/mol. The lowest BCUT2D eigenvalue weighted by atomic mass is 10.2. The van der Waals surface area contributed by atoms with E-state index < -0.39 is 0 Å². The summed E-state index contributed by atoms with van der Waals surface area (Å²) in [7, 11) is 0. The van der Waals surface area contributed by atoms with Crippen LogP contribution in [0.3, 0.4) is 0 Å². The topological polar surface area (TPSA) is 43.8 Å². The molecule has 0 atom stereocenters. The summed E-state index contributed by atoms with van der Waals surface area (Å²) in [6.07, 6.45) is 0.837. The number of aromatic nitrogens is 2. The van der Waals surface area contributed by atoms with Gasteiger partial charge in [0, 0.05) is 12.2 Å². The van der Waals surface area contributed by atoms with E-state index in [1.807, 2.05) is 19.1 Å². The molecule has 0 amide bonds. The third-order valence-electron chi connectivity index (χ3n) is 2.46. The van der Waals surface area contributed by atoms with Gasteiger partial charge >= 0.3 is 0 Å². The average molecular weight is 219 g/mol. The molecule has 1 heterocycles. The molecule has 2 rings (SSSR count). The molecule has 3 nitrogen and oxygen atoms in total. The minimum absolute atomic E-state index is 0.260. The highest BCUT2D eigenvalue weighted by Crippen LogP contribution is 2.14. The van der Waals surface area contributed by atoms with Crippen molar-refractivity contribution in [3.63, 3.8) is 0 Å². The third kappa shape index (κ3) is 1.97. The van der Waals surface area contributed by atoms with Gasteiger partial charge in [-0.05, 0) is 30.7 Å². The Labute approximate surface area is 93.7 Å². The van der Waals surface area contributed by atoms with Gasteiger partial charge in [0.2, 0.25) is 0 Å². The molecule has 0 aliphatic heterocycles. The maximum Gasteiger partial charge on any atom is 0.125 e. The number of aryl methyl sites for hydroxylation is 1. The van der Waals surface area contributed by atoms with Gasteiger partial charge < -0.3 is 5.73 Å². The molecule has 1 aromatic carbocycles. The van der Waals surface area contributed by atoms with E-state index in [0.29, 0.717) is 6.54 Å². The van der Waals surface area contributed by atoms with Crippen LogP contribution in [0.4, 0.5) is 4.39 Å². The molecule has 0 radical (unpaired) electrons. The van der Waals surface area contributed by atoms with Crippen LogP contribution in [0.15, 0.2) is 30.3 Å². The van der Waals surface area contributed by atoms with Gasteiger partial charge in [-0.2, -0.15) is 5.10 Å². The van der Waals surface area contributed by atoms with Crippen LogP contribution in [-0.4, -0.2) is 9.78 Å². The van der Waals surface area contributed by atoms with Crippen LogP contribution in [0, 0.1) is 5.82 Å². The molecule has 0 spiro atoms. The van der Waals surface area contributed by atoms with Crippen LogP contribution >= 0.6 is 0 Å². The Kier molecular flexibility index (Phi) is 3.01. The summed E-state index contributed by atoms with van der Waals surface area (Å²) in [5.41, 5.74) is 8.13. The number of nitrogens with two attached hydrogens (primary N) is 1. The molecule has 1 aromatic heterocycles. The molecule has 0 saturated carbocycles. The van der Waals surface area contributed by atoms with Crippen LogP contribution in [-0.2, 0) is 13.0 Å². The zero-order valence-corrected chi connectivity index (χ0v) is 9.15. The third-order valence-corrected chi connectivity index (χ3v) is 2.46. The van der Waals surface area contributed by atoms with Crippen LogP contribution in [0.25, 0.3) is 5.69 Å². The van der Waals surface area contributed by atoms with Gasteiger partial charge in [0.15, 0.2) is 0 Å². The number of benzene rings is 1. The summed E-state index contributed by atoms with van der Waals surface area (Å²) in [5.74, 6) is -0.260. The molecule has 0 fully saturated rings. The van der Waals surface area contributed by atoms with Gasteiger partial charge in [0.1, 0.15) is 5.82 Å². The summed E-state index contributed by atoms with van der Waals surface area (Å²) in [6, 6.07) is 8.34. The summed E-state index contributed by atoms with van der Waals surface area (Å²) in [6.45, 7) is 2.43. The van der Waals surface area contributed by atoms with Gasteiger partial charge in [-0.25, -0.2) is 9.07 Å². The Hall–Kier alpha value is -1.68. The van der Waals surface area contributed by atoms with Gasteiger partial charge in [0.25, 0.3) is 0 Å². The van der Waals surface area contributed by atoms with Gasteiger partial charge in [-0.1, -0.05) is 13.0 Å². The lowest BCUT2D eigenvalue weighted by Crippen LogP contribution is -2.03. The fraction of sp³-hybridized carbons (Fsp3) is 0.250. The minimum atomic E-state index is -0.260. The maximum absolute atomic E-state index is 13.1. The summed E-state index contributed by atoms with van der Waals surface area (Å²) < 4.78 is 14.9. The van der Waals surface area contributed by atoms with Crippen LogP contribution in [0.2, 0.25) is 0 Å². The Morgan fingerprint density at radius 2 is 2.19 bits per heavy atom. The van der Waals surface area contributed by atoms with E-state index in [4.69, 9.17) is 5.73 Å². The second-order valence-electron chi connectivity index (χ2n) is 3.58. The Bertz CT molecular complexity index is 491. The minimum Gasteiger partial charge on any atom is -0.325 e. The first-order valence-corrected chi connectivity index (χ1v) is 5.28. The van der Waals surface area contributed by atoms with Crippen molar-refractivity contribution in [1.82, 2.24) is 9.78 Å². The van der Waals surface area contributed by atoms with Crippen molar-refractivity contribution in [3.05, 3.63) is 47.5 Å². The molecule has 0 bridgehead atoms. The maximum atomic E-state index is 13.1. The van der Waals surface area contributed by atoms with Crippen LogP contribution in [0.5, 0.6) is 0 Å². The first-order chi connectivity index (χ1) is 7.74. The molecule has 84 valence electrons. The number of halogens is 1. The Balaban J connectivity index is 2.50. The molecule has 0 aliphatic carbocycles. The van der Waals surface area contributed by atoms with Crippen molar-refractivity contribution in [2.45, 2.75) is 19.9 Å². The highest BCUT2D eigenvalue weighted by molar-refractivity contribution is 5.34. The zero-order chi connectivity index (χ0) is 11.5. The fourth-order valence-electron chi connectivity index (χ4n) is 1.66. The SMILES string of the molecule is CCc1cc(CN)nn1-c1cccc(F)c1. The van der Waals surface area contributed by atoms with E-state index in [2.05, 4.69) is 5.10 Å². The molecule has 0 unspecified atom stereocenters. The van der Waals surface area contributed by atoms with E-state index >= 15 is 0 Å². The van der Waals surface area contributed by atoms with E-state index in [0.717, 1.165) is 23.5 Å². The Morgan fingerprint density at radius 3 is 2.81 bits per heavy atom. The average Bonchev–Trinajstić information content (AvgIpc) is 2.72. The molecule has 2 N–H and O–H groups in total. The molecule has 16 heavy (non-hydrogen) atoms. The number of hydrogen-bond acceptors (Lipinski definition) is 2. The molecule has 4 heteroatoms. The smallest absolute Gasteiger partial charge is 0.125 e. The lowest BCUT2D eigenvalue weighted by Gasteiger charge is -2.05. The van der Waals surface area contributed by atoms with E-state index in [1.165, 1.54) is 12.1 Å². The second-order valence-corrected chi connectivity index (χ2v) is 3.58. The Morgan fingerprint density at radius 1 is 1.38 bits per heavy atom. The standard InChI is InChI=1S/C12H14FN3/c1-2-11-7-10(8-14)15-16(11)12-5-3-4-9(13)6-12/h3-7H,2,8,14H2,1H3. The normalized spacial score (nSPS) is 10.7. The van der Waals surface area contributed by atoms with Crippen LogP contribution < -0.4 is 5.73 Å². The second kappa shape index (κ2) is 4.45. The summed E-state index contributed by atoms with van der Waals surface area (Å²) in [5, 5.41) is 4.34. The van der Waals surface area contributed by atoms with Gasteiger partial charge in [-0.15, -0.1) is 0 Å². The molecular weight excluding hydrogens is 205 g/mol. The molecule has 0 saturated heterocycles. The predicted octanol–water partition coefficient (Wildman–Crippen LogP) is 2.03. The quantitative estimate of drug-likeness (QED) is 0.858. The van der Waals surface area contributed by atoms with Gasteiger partial charge in [-0.3, -0.25) is 0 Å². The van der Waals surface area contributed by atoms with E-state index in [9.17, 15) is 4.39 Å². The molecule has 0 aliphatic rings.